The predicted octanol–water partition coefficient (Wildman–Crippen LogP) is 4.66. The molecule has 100 valence electrons. The second-order valence-corrected chi connectivity index (χ2v) is 6.06. The number of carbonyl (C=O) groups is 1. The number of carbonyl (C=O) groups excluding carboxylic acids is 1. The summed E-state index contributed by atoms with van der Waals surface area (Å²) in [6.07, 6.45) is 3.38. The zero-order chi connectivity index (χ0) is 13.5. The molecule has 4 heteroatoms. The van der Waals surface area contributed by atoms with Crippen LogP contribution in [0.25, 0.3) is 0 Å². The number of rotatable bonds is 6. The fourth-order valence-corrected chi connectivity index (χ4v) is 2.51. The normalized spacial score (nSPS) is 10.7. The van der Waals surface area contributed by atoms with E-state index in [-0.39, 0.29) is 5.91 Å². The molecular weight excluding hydrogens is 314 g/mol. The molecule has 1 rings (SSSR count). The Morgan fingerprint density at radius 2 is 2.11 bits per heavy atom. The van der Waals surface area contributed by atoms with Crippen LogP contribution in [-0.4, -0.2) is 12.5 Å². The Morgan fingerprint density at radius 1 is 1.39 bits per heavy atom. The summed E-state index contributed by atoms with van der Waals surface area (Å²) >= 11 is 9.18. The number of benzene rings is 1. The van der Waals surface area contributed by atoms with E-state index in [1.807, 2.05) is 0 Å². The van der Waals surface area contributed by atoms with E-state index in [4.69, 9.17) is 11.6 Å². The van der Waals surface area contributed by atoms with Crippen LogP contribution in [0, 0.1) is 5.92 Å². The van der Waals surface area contributed by atoms with E-state index in [0.717, 1.165) is 29.8 Å². The van der Waals surface area contributed by atoms with Crippen molar-refractivity contribution in [2.45, 2.75) is 33.1 Å². The zero-order valence-electron chi connectivity index (χ0n) is 10.8. The summed E-state index contributed by atoms with van der Waals surface area (Å²) in [7, 11) is 0. The highest BCUT2D eigenvalue weighted by Gasteiger charge is 2.09. The van der Waals surface area contributed by atoms with Crippen molar-refractivity contribution in [1.82, 2.24) is 5.32 Å². The SMILES string of the molecule is CC(C)CCCCNC(=O)c1ccc(Cl)cc1Br. The maximum atomic E-state index is 11.9. The smallest absolute Gasteiger partial charge is 0.252 e. The lowest BCUT2D eigenvalue weighted by Crippen LogP contribution is -2.24. The minimum atomic E-state index is -0.0527. The van der Waals surface area contributed by atoms with Gasteiger partial charge in [0.05, 0.1) is 5.56 Å². The lowest BCUT2D eigenvalue weighted by molar-refractivity contribution is 0.0952. The monoisotopic (exact) mass is 331 g/mol. The summed E-state index contributed by atoms with van der Waals surface area (Å²) in [6, 6.07) is 5.19. The molecule has 0 aliphatic heterocycles. The van der Waals surface area contributed by atoms with Crippen molar-refractivity contribution in [3.8, 4) is 0 Å². The average Bonchev–Trinajstić information content (AvgIpc) is 2.27. The van der Waals surface area contributed by atoms with Crippen LogP contribution in [0.4, 0.5) is 0 Å². The summed E-state index contributed by atoms with van der Waals surface area (Å²) in [6.45, 7) is 5.15. The van der Waals surface area contributed by atoms with Gasteiger partial charge in [0.2, 0.25) is 0 Å². The largest absolute Gasteiger partial charge is 0.352 e. The highest BCUT2D eigenvalue weighted by Crippen LogP contribution is 2.21. The summed E-state index contributed by atoms with van der Waals surface area (Å²) in [4.78, 5) is 11.9. The maximum Gasteiger partial charge on any atom is 0.252 e. The van der Waals surface area contributed by atoms with Crippen molar-refractivity contribution >= 4 is 33.4 Å². The van der Waals surface area contributed by atoms with Gasteiger partial charge in [-0.3, -0.25) is 4.79 Å². The van der Waals surface area contributed by atoms with E-state index in [1.54, 1.807) is 18.2 Å². The van der Waals surface area contributed by atoms with Crippen LogP contribution >= 0.6 is 27.5 Å². The fourth-order valence-electron chi connectivity index (χ4n) is 1.65. The van der Waals surface area contributed by atoms with Crippen LogP contribution in [0.3, 0.4) is 0 Å². The second kappa shape index (κ2) is 7.80. The van der Waals surface area contributed by atoms with Crippen molar-refractivity contribution in [3.05, 3.63) is 33.3 Å². The molecular formula is C14H19BrClNO. The fraction of sp³-hybridized carbons (Fsp3) is 0.500. The van der Waals surface area contributed by atoms with Crippen LogP contribution in [0.15, 0.2) is 22.7 Å². The third kappa shape index (κ3) is 5.40. The van der Waals surface area contributed by atoms with Crippen molar-refractivity contribution in [2.75, 3.05) is 6.54 Å². The van der Waals surface area contributed by atoms with Gasteiger partial charge in [0.15, 0.2) is 0 Å². The Hall–Kier alpha value is -0.540. The average molecular weight is 333 g/mol. The first kappa shape index (κ1) is 15.5. The molecule has 0 aliphatic carbocycles. The standard InChI is InChI=1S/C14H19BrClNO/c1-10(2)5-3-4-8-17-14(18)12-7-6-11(16)9-13(12)15/h6-7,9-10H,3-5,8H2,1-2H3,(H,17,18). The Balaban J connectivity index is 2.36. The van der Waals surface area contributed by atoms with Gasteiger partial charge in [0, 0.05) is 16.0 Å². The lowest BCUT2D eigenvalue weighted by atomic mass is 10.1. The molecule has 0 heterocycles. The molecule has 0 unspecified atom stereocenters. The maximum absolute atomic E-state index is 11.9. The molecule has 0 aliphatic rings. The molecule has 0 spiro atoms. The number of unbranched alkanes of at least 4 members (excludes halogenated alkanes) is 1. The minimum absolute atomic E-state index is 0.0527. The van der Waals surface area contributed by atoms with Crippen molar-refractivity contribution in [1.29, 1.82) is 0 Å². The first-order valence-electron chi connectivity index (χ1n) is 6.24. The van der Waals surface area contributed by atoms with E-state index in [2.05, 4.69) is 35.1 Å². The third-order valence-electron chi connectivity index (χ3n) is 2.67. The highest BCUT2D eigenvalue weighted by molar-refractivity contribution is 9.10. The molecule has 0 atom stereocenters. The van der Waals surface area contributed by atoms with E-state index in [9.17, 15) is 4.79 Å². The quantitative estimate of drug-likeness (QED) is 0.754. The molecule has 0 fully saturated rings. The van der Waals surface area contributed by atoms with Gasteiger partial charge < -0.3 is 5.32 Å². The summed E-state index contributed by atoms with van der Waals surface area (Å²) in [5.41, 5.74) is 0.628. The van der Waals surface area contributed by atoms with Crippen molar-refractivity contribution < 1.29 is 4.79 Å². The number of hydrogen-bond donors (Lipinski definition) is 1. The van der Waals surface area contributed by atoms with Gasteiger partial charge in [0.25, 0.3) is 5.91 Å². The van der Waals surface area contributed by atoms with Gasteiger partial charge >= 0.3 is 0 Å². The van der Waals surface area contributed by atoms with Crippen LogP contribution in [0.1, 0.15) is 43.5 Å². The predicted molar refractivity (Wildman–Crippen MR) is 80.2 cm³/mol. The molecule has 1 N–H and O–H groups in total. The molecule has 0 saturated carbocycles. The number of halogens is 2. The summed E-state index contributed by atoms with van der Waals surface area (Å²) in [5.74, 6) is 0.675. The van der Waals surface area contributed by atoms with Crippen LogP contribution in [0.2, 0.25) is 5.02 Å². The second-order valence-electron chi connectivity index (χ2n) is 4.77. The molecule has 1 aromatic rings. The van der Waals surface area contributed by atoms with Gasteiger partial charge in [-0.25, -0.2) is 0 Å². The van der Waals surface area contributed by atoms with Crippen LogP contribution in [0.5, 0.6) is 0 Å². The van der Waals surface area contributed by atoms with Gasteiger partial charge in [-0.15, -0.1) is 0 Å². The van der Waals surface area contributed by atoms with Gasteiger partial charge in [-0.2, -0.15) is 0 Å². The Morgan fingerprint density at radius 3 is 2.72 bits per heavy atom. The van der Waals surface area contributed by atoms with Crippen LogP contribution in [-0.2, 0) is 0 Å². The topological polar surface area (TPSA) is 29.1 Å². The van der Waals surface area contributed by atoms with E-state index < -0.39 is 0 Å². The van der Waals surface area contributed by atoms with E-state index >= 15 is 0 Å². The summed E-state index contributed by atoms with van der Waals surface area (Å²) < 4.78 is 0.731. The molecule has 18 heavy (non-hydrogen) atoms. The molecule has 0 saturated heterocycles. The molecule has 2 nitrogen and oxygen atoms in total. The van der Waals surface area contributed by atoms with Crippen molar-refractivity contribution in [2.24, 2.45) is 5.92 Å². The van der Waals surface area contributed by atoms with Gasteiger partial charge in [0.1, 0.15) is 0 Å². The van der Waals surface area contributed by atoms with E-state index in [0.29, 0.717) is 10.6 Å². The van der Waals surface area contributed by atoms with Gasteiger partial charge in [-0.1, -0.05) is 38.3 Å². The first-order chi connectivity index (χ1) is 8.50. The molecule has 0 aromatic heterocycles. The van der Waals surface area contributed by atoms with Gasteiger partial charge in [-0.05, 0) is 46.5 Å². The van der Waals surface area contributed by atoms with Crippen molar-refractivity contribution in [3.63, 3.8) is 0 Å². The zero-order valence-corrected chi connectivity index (χ0v) is 13.1. The molecule has 1 amide bonds. The molecule has 1 aromatic carbocycles. The molecule has 0 bridgehead atoms. The lowest BCUT2D eigenvalue weighted by Gasteiger charge is -2.08. The Kier molecular flexibility index (Phi) is 6.72. The summed E-state index contributed by atoms with van der Waals surface area (Å²) in [5, 5.41) is 3.54. The van der Waals surface area contributed by atoms with Crippen LogP contribution < -0.4 is 5.32 Å². The number of nitrogens with one attached hydrogen (secondary N) is 1. The number of amides is 1. The Bertz CT molecular complexity index is 407. The number of hydrogen-bond acceptors (Lipinski definition) is 1. The van der Waals surface area contributed by atoms with E-state index in [1.165, 1.54) is 6.42 Å². The highest BCUT2D eigenvalue weighted by atomic mass is 79.9. The Labute approximate surface area is 122 Å². The minimum Gasteiger partial charge on any atom is -0.352 e. The third-order valence-corrected chi connectivity index (χ3v) is 3.56. The first-order valence-corrected chi connectivity index (χ1v) is 7.41. The molecule has 0 radical (unpaired) electrons.